The molecule has 2 heteroatoms. The van der Waals surface area contributed by atoms with Gasteiger partial charge in [0.2, 0.25) is 0 Å². The molecule has 0 radical (unpaired) electrons. The van der Waals surface area contributed by atoms with Crippen molar-refractivity contribution in [2.45, 2.75) is 6.92 Å². The normalized spacial score (nSPS) is 11.6. The lowest BCUT2D eigenvalue weighted by molar-refractivity contribution is 1.44. The first-order valence-electron chi connectivity index (χ1n) is 7.93. The van der Waals surface area contributed by atoms with Gasteiger partial charge in [0.15, 0.2) is 0 Å². The molecule has 0 atom stereocenters. The third kappa shape index (κ3) is 2.68. The molecule has 4 aromatic carbocycles. The van der Waals surface area contributed by atoms with Crippen LogP contribution in [0.4, 0.5) is 5.69 Å². The first-order chi connectivity index (χ1) is 11.7. The molecule has 116 valence electrons. The molecule has 4 aromatic rings. The van der Waals surface area contributed by atoms with Crippen LogP contribution in [0.2, 0.25) is 5.02 Å². The van der Waals surface area contributed by atoms with Crippen LogP contribution in [0.15, 0.2) is 77.8 Å². The first kappa shape index (κ1) is 14.9. The number of rotatable bonds is 2. The highest BCUT2D eigenvalue weighted by Gasteiger charge is 2.05. The van der Waals surface area contributed by atoms with Crippen molar-refractivity contribution in [2.75, 3.05) is 0 Å². The monoisotopic (exact) mass is 329 g/mol. The zero-order valence-electron chi connectivity index (χ0n) is 13.3. The van der Waals surface area contributed by atoms with Crippen LogP contribution in [0, 0.1) is 6.92 Å². The topological polar surface area (TPSA) is 12.4 Å². The maximum Gasteiger partial charge on any atom is 0.0644 e. The van der Waals surface area contributed by atoms with E-state index in [0.717, 1.165) is 21.8 Å². The van der Waals surface area contributed by atoms with Crippen molar-refractivity contribution in [3.8, 4) is 0 Å². The number of halogens is 1. The molecule has 0 aliphatic carbocycles. The van der Waals surface area contributed by atoms with Crippen molar-refractivity contribution in [3.05, 3.63) is 88.9 Å². The van der Waals surface area contributed by atoms with Gasteiger partial charge in [-0.15, -0.1) is 0 Å². The summed E-state index contributed by atoms with van der Waals surface area (Å²) in [4.78, 5) is 4.67. The Morgan fingerprint density at radius 1 is 0.792 bits per heavy atom. The van der Waals surface area contributed by atoms with Crippen LogP contribution in [0.25, 0.3) is 21.5 Å². The number of hydrogen-bond donors (Lipinski definition) is 0. The molecule has 0 heterocycles. The molecule has 0 unspecified atom stereocenters. The maximum absolute atomic E-state index is 6.21. The molecule has 1 nitrogen and oxygen atoms in total. The van der Waals surface area contributed by atoms with Gasteiger partial charge in [-0.05, 0) is 52.2 Å². The second kappa shape index (κ2) is 6.10. The van der Waals surface area contributed by atoms with Gasteiger partial charge in [-0.25, -0.2) is 0 Å². The number of aryl methyl sites for hydroxylation is 1. The predicted molar refractivity (Wildman–Crippen MR) is 105 cm³/mol. The van der Waals surface area contributed by atoms with Gasteiger partial charge in [-0.3, -0.25) is 4.99 Å². The van der Waals surface area contributed by atoms with Gasteiger partial charge in [0.05, 0.1) is 5.69 Å². The van der Waals surface area contributed by atoms with Crippen LogP contribution in [0.5, 0.6) is 0 Å². The van der Waals surface area contributed by atoms with Gasteiger partial charge in [0.25, 0.3) is 0 Å². The molecule has 0 spiro atoms. The summed E-state index contributed by atoms with van der Waals surface area (Å²) in [5, 5.41) is 5.60. The van der Waals surface area contributed by atoms with E-state index in [0.29, 0.717) is 0 Å². The minimum Gasteiger partial charge on any atom is -0.256 e. The number of hydrogen-bond acceptors (Lipinski definition) is 1. The van der Waals surface area contributed by atoms with E-state index in [4.69, 9.17) is 11.6 Å². The third-order valence-corrected chi connectivity index (χ3v) is 4.72. The molecule has 0 amide bonds. The summed E-state index contributed by atoms with van der Waals surface area (Å²) in [6.07, 6.45) is 1.95. The van der Waals surface area contributed by atoms with Crippen LogP contribution >= 0.6 is 11.6 Å². The molecule has 24 heavy (non-hydrogen) atoms. The van der Waals surface area contributed by atoms with Crippen molar-refractivity contribution in [2.24, 2.45) is 4.99 Å². The molecule has 0 fully saturated rings. The molecule has 0 aromatic heterocycles. The van der Waals surface area contributed by atoms with E-state index in [2.05, 4.69) is 59.6 Å². The SMILES string of the molecule is Cc1ccc(N=Cc2c3ccccc3cc3ccccc23)cc1Cl. The van der Waals surface area contributed by atoms with Crippen LogP contribution in [-0.2, 0) is 0 Å². The Morgan fingerprint density at radius 3 is 2.04 bits per heavy atom. The van der Waals surface area contributed by atoms with Gasteiger partial charge in [-0.2, -0.15) is 0 Å². The zero-order valence-corrected chi connectivity index (χ0v) is 14.1. The lowest BCUT2D eigenvalue weighted by atomic mass is 9.97. The van der Waals surface area contributed by atoms with Crippen LogP contribution in [0.3, 0.4) is 0 Å². The van der Waals surface area contributed by atoms with Gasteiger partial charge < -0.3 is 0 Å². The average Bonchev–Trinajstić information content (AvgIpc) is 2.61. The van der Waals surface area contributed by atoms with Crippen molar-refractivity contribution < 1.29 is 0 Å². The Kier molecular flexibility index (Phi) is 3.79. The van der Waals surface area contributed by atoms with Gasteiger partial charge >= 0.3 is 0 Å². The number of fused-ring (bicyclic) bond motifs is 2. The predicted octanol–water partition coefficient (Wildman–Crippen LogP) is 6.71. The fraction of sp³-hybridized carbons (Fsp3) is 0.0455. The summed E-state index contributed by atoms with van der Waals surface area (Å²) in [6.45, 7) is 1.99. The van der Waals surface area contributed by atoms with Gasteiger partial charge in [-0.1, -0.05) is 66.2 Å². The van der Waals surface area contributed by atoms with Crippen LogP contribution < -0.4 is 0 Å². The molecular weight excluding hydrogens is 314 g/mol. The largest absolute Gasteiger partial charge is 0.256 e. The fourth-order valence-corrected chi connectivity index (χ4v) is 3.16. The van der Waals surface area contributed by atoms with Crippen LogP contribution in [-0.4, -0.2) is 6.21 Å². The minimum absolute atomic E-state index is 0.743. The molecular formula is C22H16ClN. The smallest absolute Gasteiger partial charge is 0.0644 e. The highest BCUT2D eigenvalue weighted by molar-refractivity contribution is 6.31. The number of benzene rings is 4. The molecule has 4 rings (SSSR count). The number of nitrogens with zero attached hydrogens (tertiary/aromatic N) is 1. The summed E-state index contributed by atoms with van der Waals surface area (Å²) in [7, 11) is 0. The van der Waals surface area contributed by atoms with E-state index in [1.807, 2.05) is 31.3 Å². The zero-order chi connectivity index (χ0) is 16.5. The van der Waals surface area contributed by atoms with E-state index < -0.39 is 0 Å². The Balaban J connectivity index is 1.93. The Morgan fingerprint density at radius 2 is 1.42 bits per heavy atom. The van der Waals surface area contributed by atoms with E-state index >= 15 is 0 Å². The van der Waals surface area contributed by atoms with Crippen molar-refractivity contribution in [3.63, 3.8) is 0 Å². The Bertz CT molecular complexity index is 1030. The maximum atomic E-state index is 6.21. The van der Waals surface area contributed by atoms with Crippen molar-refractivity contribution in [1.29, 1.82) is 0 Å². The summed E-state index contributed by atoms with van der Waals surface area (Å²) in [5.74, 6) is 0. The van der Waals surface area contributed by atoms with Crippen molar-refractivity contribution in [1.82, 2.24) is 0 Å². The summed E-state index contributed by atoms with van der Waals surface area (Å²) in [6, 6.07) is 25.0. The third-order valence-electron chi connectivity index (χ3n) is 4.31. The van der Waals surface area contributed by atoms with E-state index in [1.165, 1.54) is 21.5 Å². The molecule has 0 aliphatic rings. The molecule has 0 aliphatic heterocycles. The second-order valence-electron chi connectivity index (χ2n) is 5.92. The van der Waals surface area contributed by atoms with Gasteiger partial charge in [0, 0.05) is 16.8 Å². The average molecular weight is 330 g/mol. The highest BCUT2D eigenvalue weighted by atomic mass is 35.5. The van der Waals surface area contributed by atoms with E-state index in [9.17, 15) is 0 Å². The fourth-order valence-electron chi connectivity index (χ4n) is 2.99. The lowest BCUT2D eigenvalue weighted by Gasteiger charge is -2.08. The Labute approximate surface area is 146 Å². The molecule has 0 N–H and O–H groups in total. The van der Waals surface area contributed by atoms with Gasteiger partial charge in [0.1, 0.15) is 0 Å². The summed E-state index contributed by atoms with van der Waals surface area (Å²) >= 11 is 6.21. The van der Waals surface area contributed by atoms with E-state index in [1.54, 1.807) is 0 Å². The van der Waals surface area contributed by atoms with Crippen molar-refractivity contribution >= 4 is 45.0 Å². The lowest BCUT2D eigenvalue weighted by Crippen LogP contribution is -1.88. The quantitative estimate of drug-likeness (QED) is 0.286. The minimum atomic E-state index is 0.743. The first-order valence-corrected chi connectivity index (χ1v) is 8.31. The summed E-state index contributed by atoms with van der Waals surface area (Å²) in [5.41, 5.74) is 3.06. The second-order valence-corrected chi connectivity index (χ2v) is 6.33. The summed E-state index contributed by atoms with van der Waals surface area (Å²) < 4.78 is 0. The molecule has 0 saturated heterocycles. The van der Waals surface area contributed by atoms with E-state index in [-0.39, 0.29) is 0 Å². The number of aliphatic imine (C=N–C) groups is 1. The molecule has 0 saturated carbocycles. The van der Waals surface area contributed by atoms with Crippen LogP contribution in [0.1, 0.15) is 11.1 Å². The Hall–Kier alpha value is -2.64. The standard InChI is InChI=1S/C22H16ClN/c1-15-10-11-18(13-22(15)23)24-14-21-19-8-4-2-6-16(19)12-17-7-3-5-9-20(17)21/h2-14H,1H3. The highest BCUT2D eigenvalue weighted by Crippen LogP contribution is 2.28. The molecule has 0 bridgehead atoms.